The van der Waals surface area contributed by atoms with E-state index in [-0.39, 0.29) is 0 Å². The van der Waals surface area contributed by atoms with Crippen molar-refractivity contribution in [3.63, 3.8) is 0 Å². The van der Waals surface area contributed by atoms with Crippen LogP contribution in [0.15, 0.2) is 64.9 Å². The maximum atomic E-state index is 13.0. The molecule has 5 rings (SSSR count). The van der Waals surface area contributed by atoms with Crippen molar-refractivity contribution in [1.29, 1.82) is 0 Å². The Kier molecular flexibility index (Phi) is 4.82. The molecule has 1 aromatic heterocycles. The van der Waals surface area contributed by atoms with Crippen molar-refractivity contribution >= 4 is 21.4 Å². The fourth-order valence-electron chi connectivity index (χ4n) is 4.14. The Hall–Kier alpha value is -1.99. The molecular weight excluding hydrogens is 400 g/mol. The Morgan fingerprint density at radius 2 is 1.59 bits per heavy atom. The summed E-state index contributed by atoms with van der Waals surface area (Å²) in [7, 11) is -3.42. The average molecular weight is 425 g/mol. The molecule has 2 aromatic carbocycles. The standard InChI is InChI=1S/C23H24N2O2S2/c1-17-2-4-18(5-3-17)19-6-8-22(9-7-19)29(26,27)25-15-21(16-25)24-12-10-23-20(14-24)11-13-28-23/h2-9,11,13,21H,10,12,14-16H2,1H3. The monoisotopic (exact) mass is 424 g/mol. The molecule has 4 nitrogen and oxygen atoms in total. The smallest absolute Gasteiger partial charge is 0.243 e. The molecule has 3 heterocycles. The first kappa shape index (κ1) is 19.0. The fourth-order valence-corrected chi connectivity index (χ4v) is 6.54. The minimum atomic E-state index is -3.42. The van der Waals surface area contributed by atoms with Gasteiger partial charge < -0.3 is 0 Å². The maximum Gasteiger partial charge on any atom is 0.243 e. The maximum absolute atomic E-state index is 13.0. The zero-order valence-corrected chi connectivity index (χ0v) is 18.0. The molecule has 6 heteroatoms. The van der Waals surface area contributed by atoms with Crippen LogP contribution in [0.3, 0.4) is 0 Å². The van der Waals surface area contributed by atoms with Crippen molar-refractivity contribution < 1.29 is 8.42 Å². The molecule has 3 aromatic rings. The average Bonchev–Trinajstić information content (AvgIpc) is 3.15. The summed E-state index contributed by atoms with van der Waals surface area (Å²) < 4.78 is 27.6. The van der Waals surface area contributed by atoms with Crippen LogP contribution in [-0.2, 0) is 23.0 Å². The Balaban J connectivity index is 1.25. The highest BCUT2D eigenvalue weighted by atomic mass is 32.2. The molecule has 0 radical (unpaired) electrons. The van der Waals surface area contributed by atoms with Crippen LogP contribution in [0.4, 0.5) is 0 Å². The number of benzene rings is 2. The number of aryl methyl sites for hydroxylation is 1. The zero-order valence-electron chi connectivity index (χ0n) is 16.4. The van der Waals surface area contributed by atoms with Gasteiger partial charge in [-0.2, -0.15) is 4.31 Å². The van der Waals surface area contributed by atoms with Gasteiger partial charge in [-0.15, -0.1) is 11.3 Å². The van der Waals surface area contributed by atoms with E-state index in [1.54, 1.807) is 16.4 Å². The number of sulfonamides is 1. The predicted molar refractivity (Wildman–Crippen MR) is 118 cm³/mol. The van der Waals surface area contributed by atoms with E-state index in [0.717, 1.165) is 30.6 Å². The highest BCUT2D eigenvalue weighted by Gasteiger charge is 2.40. The third kappa shape index (κ3) is 3.55. The SMILES string of the molecule is Cc1ccc(-c2ccc(S(=O)(=O)N3CC(N4CCc5sccc5C4)C3)cc2)cc1. The second-order valence-electron chi connectivity index (χ2n) is 7.96. The van der Waals surface area contributed by atoms with Crippen molar-refractivity contribution in [3.05, 3.63) is 76.0 Å². The summed E-state index contributed by atoms with van der Waals surface area (Å²) in [4.78, 5) is 4.30. The van der Waals surface area contributed by atoms with Crippen molar-refractivity contribution in [2.24, 2.45) is 0 Å². The second-order valence-corrected chi connectivity index (χ2v) is 10.9. The van der Waals surface area contributed by atoms with Crippen LogP contribution < -0.4 is 0 Å². The molecule has 2 aliphatic heterocycles. The number of rotatable bonds is 4. The molecule has 0 N–H and O–H groups in total. The summed E-state index contributed by atoms with van der Waals surface area (Å²) >= 11 is 1.83. The largest absolute Gasteiger partial charge is 0.293 e. The third-order valence-electron chi connectivity index (χ3n) is 6.06. The van der Waals surface area contributed by atoms with Crippen LogP contribution in [0.2, 0.25) is 0 Å². The minimum absolute atomic E-state index is 0.324. The summed E-state index contributed by atoms with van der Waals surface area (Å²) in [5.74, 6) is 0. The second kappa shape index (κ2) is 7.36. The number of nitrogens with zero attached hydrogens (tertiary/aromatic N) is 2. The van der Waals surface area contributed by atoms with Gasteiger partial charge >= 0.3 is 0 Å². The molecule has 0 unspecified atom stereocenters. The van der Waals surface area contributed by atoms with Gasteiger partial charge in [-0.3, -0.25) is 4.90 Å². The predicted octanol–water partition coefficient (Wildman–Crippen LogP) is 4.15. The molecular formula is C23H24N2O2S2. The lowest BCUT2D eigenvalue weighted by molar-refractivity contribution is 0.0775. The van der Waals surface area contributed by atoms with Gasteiger partial charge in [0.15, 0.2) is 0 Å². The molecule has 0 bridgehead atoms. The quantitative estimate of drug-likeness (QED) is 0.632. The van der Waals surface area contributed by atoms with Gasteiger partial charge in [0.05, 0.1) is 4.90 Å². The topological polar surface area (TPSA) is 40.6 Å². The van der Waals surface area contributed by atoms with Crippen LogP contribution in [0.25, 0.3) is 11.1 Å². The van der Waals surface area contributed by atoms with Gasteiger partial charge in [-0.1, -0.05) is 42.0 Å². The Morgan fingerprint density at radius 3 is 2.28 bits per heavy atom. The van der Waals surface area contributed by atoms with E-state index in [1.807, 2.05) is 23.5 Å². The molecule has 1 saturated heterocycles. The first-order valence-electron chi connectivity index (χ1n) is 9.97. The van der Waals surface area contributed by atoms with Crippen LogP contribution in [-0.4, -0.2) is 43.3 Å². The normalized spacial score (nSPS) is 18.4. The number of thiophene rings is 1. The van der Waals surface area contributed by atoms with Gasteiger partial charge in [-0.25, -0.2) is 8.42 Å². The molecule has 150 valence electrons. The molecule has 2 aliphatic rings. The van der Waals surface area contributed by atoms with E-state index in [0.29, 0.717) is 24.0 Å². The van der Waals surface area contributed by atoms with Gasteiger partial charge in [0.1, 0.15) is 0 Å². The van der Waals surface area contributed by atoms with Gasteiger partial charge in [-0.05, 0) is 53.6 Å². The van der Waals surface area contributed by atoms with E-state index in [2.05, 4.69) is 47.5 Å². The number of fused-ring (bicyclic) bond motifs is 1. The summed E-state index contributed by atoms with van der Waals surface area (Å²) in [5, 5.41) is 2.16. The summed E-state index contributed by atoms with van der Waals surface area (Å²) in [6.07, 6.45) is 1.08. The van der Waals surface area contributed by atoms with E-state index >= 15 is 0 Å². The summed E-state index contributed by atoms with van der Waals surface area (Å²) in [6, 6.07) is 18.1. The van der Waals surface area contributed by atoms with E-state index in [4.69, 9.17) is 0 Å². The van der Waals surface area contributed by atoms with E-state index < -0.39 is 10.0 Å². The zero-order chi connectivity index (χ0) is 20.0. The van der Waals surface area contributed by atoms with Crippen LogP contribution in [0, 0.1) is 6.92 Å². The molecule has 29 heavy (non-hydrogen) atoms. The Labute approximate surface area is 176 Å². The van der Waals surface area contributed by atoms with Crippen molar-refractivity contribution in [1.82, 2.24) is 9.21 Å². The first-order valence-corrected chi connectivity index (χ1v) is 12.3. The van der Waals surface area contributed by atoms with Gasteiger partial charge in [0.2, 0.25) is 10.0 Å². The van der Waals surface area contributed by atoms with E-state index in [9.17, 15) is 8.42 Å². The third-order valence-corrected chi connectivity index (χ3v) is 8.93. The Bertz CT molecular complexity index is 1110. The number of hydrogen-bond acceptors (Lipinski definition) is 4. The first-order chi connectivity index (χ1) is 14.0. The highest BCUT2D eigenvalue weighted by Crippen LogP contribution is 2.31. The summed E-state index contributed by atoms with van der Waals surface area (Å²) in [6.45, 7) is 5.20. The highest BCUT2D eigenvalue weighted by molar-refractivity contribution is 7.89. The molecule has 0 amide bonds. The van der Waals surface area contributed by atoms with Crippen LogP contribution >= 0.6 is 11.3 Å². The van der Waals surface area contributed by atoms with Crippen molar-refractivity contribution in [2.75, 3.05) is 19.6 Å². The lowest BCUT2D eigenvalue weighted by Crippen LogP contribution is -2.61. The van der Waals surface area contributed by atoms with Gasteiger partial charge in [0.25, 0.3) is 0 Å². The van der Waals surface area contributed by atoms with Crippen molar-refractivity contribution in [3.8, 4) is 11.1 Å². The van der Waals surface area contributed by atoms with Gasteiger partial charge in [0, 0.05) is 37.1 Å². The van der Waals surface area contributed by atoms with E-state index in [1.165, 1.54) is 16.0 Å². The lowest BCUT2D eigenvalue weighted by atomic mass is 10.0. The van der Waals surface area contributed by atoms with Crippen LogP contribution in [0.5, 0.6) is 0 Å². The molecule has 0 saturated carbocycles. The van der Waals surface area contributed by atoms with Crippen molar-refractivity contribution in [2.45, 2.75) is 30.8 Å². The van der Waals surface area contributed by atoms with Crippen LogP contribution in [0.1, 0.15) is 16.0 Å². The lowest BCUT2D eigenvalue weighted by Gasteiger charge is -2.45. The molecule has 0 atom stereocenters. The molecule has 1 fully saturated rings. The Morgan fingerprint density at radius 1 is 0.931 bits per heavy atom. The number of hydrogen-bond donors (Lipinski definition) is 0. The minimum Gasteiger partial charge on any atom is -0.293 e. The fraction of sp³-hybridized carbons (Fsp3) is 0.304. The molecule has 0 spiro atoms. The summed E-state index contributed by atoms with van der Waals surface area (Å²) in [5.41, 5.74) is 4.75. The molecule has 0 aliphatic carbocycles.